The molecule has 0 unspecified atom stereocenters. The monoisotopic (exact) mass is 502 g/mol. The molecule has 1 heterocycles. The van der Waals surface area contributed by atoms with E-state index in [9.17, 15) is 18.0 Å². The molecule has 184 valence electrons. The second kappa shape index (κ2) is 8.96. The molecular weight excluding hydrogens is 477 g/mol. The van der Waals surface area contributed by atoms with Gasteiger partial charge in [0.15, 0.2) is 10.8 Å². The van der Waals surface area contributed by atoms with E-state index in [4.69, 9.17) is 23.5 Å². The summed E-state index contributed by atoms with van der Waals surface area (Å²) in [6.07, 6.45) is -5.65. The van der Waals surface area contributed by atoms with Gasteiger partial charge in [-0.15, -0.1) is 0 Å². The number of halogens is 3. The van der Waals surface area contributed by atoms with E-state index in [1.807, 2.05) is 31.2 Å². The number of alkyl halides is 3. The number of benzene rings is 2. The van der Waals surface area contributed by atoms with Gasteiger partial charge in [-0.05, 0) is 78.0 Å². The molecule has 3 rings (SSSR count). The number of rotatable bonds is 2. The van der Waals surface area contributed by atoms with Crippen molar-refractivity contribution in [3.63, 3.8) is 0 Å². The molecule has 0 spiro atoms. The minimum atomic E-state index is -4.76. The summed E-state index contributed by atoms with van der Waals surface area (Å²) in [5.41, 5.74) is -1.77. The van der Waals surface area contributed by atoms with Gasteiger partial charge in [-0.2, -0.15) is 18.2 Å². The average Bonchev–Trinajstić information content (AvgIpc) is 2.91. The van der Waals surface area contributed by atoms with Crippen LogP contribution in [-0.2, 0) is 10.9 Å². The Labute approximate surface area is 207 Å². The number of carbonyl (C=O) groups is 1. The molecule has 0 aromatic heterocycles. The van der Waals surface area contributed by atoms with Crippen molar-refractivity contribution >= 4 is 46.3 Å². The predicted octanol–water partition coefficient (Wildman–Crippen LogP) is 7.29. The Morgan fingerprint density at radius 3 is 2.17 bits per heavy atom. The maximum atomic E-state index is 13.7. The van der Waals surface area contributed by atoms with Crippen LogP contribution in [0.25, 0.3) is 4.85 Å². The summed E-state index contributed by atoms with van der Waals surface area (Å²) in [4.78, 5) is 22.9. The fourth-order valence-corrected chi connectivity index (χ4v) is 4.23. The van der Waals surface area contributed by atoms with Crippen LogP contribution < -0.4 is 9.80 Å². The summed E-state index contributed by atoms with van der Waals surface area (Å²) >= 11 is 5.72. The van der Waals surface area contributed by atoms with Crippen molar-refractivity contribution in [2.75, 3.05) is 9.80 Å². The fourth-order valence-electron chi connectivity index (χ4n) is 3.71. The number of hydrogen-bond donors (Lipinski definition) is 0. The molecule has 1 aliphatic heterocycles. The third-order valence-corrected chi connectivity index (χ3v) is 5.61. The number of hydrogen-bond acceptors (Lipinski definition) is 3. The van der Waals surface area contributed by atoms with E-state index < -0.39 is 34.7 Å². The number of carbonyl (C=O) groups excluding carboxylic acids is 1. The number of amides is 1. The Balaban J connectivity index is 2.24. The minimum absolute atomic E-state index is 0.0275. The number of thiocarbonyl (C=S) groups is 1. The van der Waals surface area contributed by atoms with E-state index in [0.29, 0.717) is 5.69 Å². The molecule has 0 N–H and O–H groups in total. The van der Waals surface area contributed by atoms with Crippen LogP contribution in [0.3, 0.4) is 0 Å². The van der Waals surface area contributed by atoms with E-state index in [0.717, 1.165) is 17.7 Å². The maximum absolute atomic E-state index is 13.7. The number of nitrogens with zero attached hydrogens (tertiary/aromatic N) is 4. The second-order valence-corrected chi connectivity index (χ2v) is 9.94. The topological polar surface area (TPSA) is 49.5 Å². The van der Waals surface area contributed by atoms with Gasteiger partial charge >= 0.3 is 12.3 Å². The van der Waals surface area contributed by atoms with Crippen molar-refractivity contribution in [1.82, 2.24) is 0 Å². The van der Waals surface area contributed by atoms with Crippen LogP contribution in [0.1, 0.15) is 45.7 Å². The molecule has 0 atom stereocenters. The van der Waals surface area contributed by atoms with Gasteiger partial charge in [0.05, 0.1) is 12.1 Å². The van der Waals surface area contributed by atoms with Crippen molar-refractivity contribution in [2.45, 2.75) is 58.9 Å². The largest absolute Gasteiger partial charge is 0.442 e. The molecular formula is C25H25F3N4O2S. The Bertz CT molecular complexity index is 1240. The first-order valence-electron chi connectivity index (χ1n) is 10.7. The highest BCUT2D eigenvalue weighted by molar-refractivity contribution is 7.81. The third kappa shape index (κ3) is 5.30. The molecule has 10 heteroatoms. The van der Waals surface area contributed by atoms with Gasteiger partial charge in [0.1, 0.15) is 17.0 Å². The molecule has 0 radical (unpaired) electrons. The molecule has 0 saturated carbocycles. The summed E-state index contributed by atoms with van der Waals surface area (Å²) in [6, 6.07) is 10.7. The molecule has 2 aromatic carbocycles. The van der Waals surface area contributed by atoms with Gasteiger partial charge in [-0.3, -0.25) is 4.90 Å². The fraction of sp³-hybridized carbons (Fsp3) is 0.360. The highest BCUT2D eigenvalue weighted by Gasteiger charge is 2.49. The number of amidine groups is 1. The van der Waals surface area contributed by atoms with Crippen LogP contribution in [0, 0.1) is 13.5 Å². The van der Waals surface area contributed by atoms with Gasteiger partial charge in [-0.25, -0.2) is 9.64 Å². The van der Waals surface area contributed by atoms with Crippen LogP contribution in [0.5, 0.6) is 0 Å². The first-order chi connectivity index (χ1) is 16.1. The lowest BCUT2D eigenvalue weighted by atomic mass is 10.0. The van der Waals surface area contributed by atoms with E-state index in [1.54, 1.807) is 39.5 Å². The molecule has 1 saturated heterocycles. The smallest absolute Gasteiger partial charge is 0.435 e. The highest BCUT2D eigenvalue weighted by Crippen LogP contribution is 2.42. The van der Waals surface area contributed by atoms with E-state index >= 15 is 0 Å². The van der Waals surface area contributed by atoms with Gasteiger partial charge in [-0.1, -0.05) is 23.8 Å². The lowest BCUT2D eigenvalue weighted by Gasteiger charge is -2.31. The molecule has 1 amide bonds. The van der Waals surface area contributed by atoms with Crippen LogP contribution in [-0.4, -0.2) is 28.2 Å². The van der Waals surface area contributed by atoms with Crippen LogP contribution in [0.4, 0.5) is 35.0 Å². The first kappa shape index (κ1) is 26.2. The third-order valence-electron chi connectivity index (χ3n) is 5.25. The van der Waals surface area contributed by atoms with Crippen molar-refractivity contribution in [3.05, 3.63) is 65.0 Å². The summed E-state index contributed by atoms with van der Waals surface area (Å²) in [5.74, 6) is 0.0982. The van der Waals surface area contributed by atoms with Gasteiger partial charge in [0.2, 0.25) is 0 Å². The zero-order valence-corrected chi connectivity index (χ0v) is 21.0. The van der Waals surface area contributed by atoms with Crippen molar-refractivity contribution in [1.29, 1.82) is 0 Å². The Kier molecular flexibility index (Phi) is 6.70. The summed E-state index contributed by atoms with van der Waals surface area (Å²) in [7, 11) is 0. The number of aliphatic imine (C=N–C) groups is 1. The van der Waals surface area contributed by atoms with Gasteiger partial charge < -0.3 is 9.64 Å². The van der Waals surface area contributed by atoms with Crippen molar-refractivity contribution in [2.24, 2.45) is 4.99 Å². The lowest BCUT2D eigenvalue weighted by Crippen LogP contribution is -2.45. The quantitative estimate of drug-likeness (QED) is 0.319. The van der Waals surface area contributed by atoms with Crippen LogP contribution in [0.2, 0.25) is 0 Å². The second-order valence-electron chi connectivity index (χ2n) is 9.57. The standard InChI is InChI=1S/C25H25F3N4O2S/c1-15-8-10-16(11-9-15)32-22(35)31(17-12-13-19(29-7)18(14-17)25(26,27)28)20(24(32,5)6)30-21(33)34-23(2,3)4/h8-14H,1-6H3. The molecule has 1 fully saturated rings. The Morgan fingerprint density at radius 1 is 1.09 bits per heavy atom. The number of ether oxygens (including phenoxy) is 1. The molecule has 0 bridgehead atoms. The van der Waals surface area contributed by atoms with Gasteiger partial charge in [0, 0.05) is 11.4 Å². The molecule has 0 aliphatic carbocycles. The van der Waals surface area contributed by atoms with Gasteiger partial charge in [0.25, 0.3) is 0 Å². The zero-order chi connectivity index (χ0) is 26.3. The average molecular weight is 503 g/mol. The van der Waals surface area contributed by atoms with E-state index in [2.05, 4.69) is 9.84 Å². The lowest BCUT2D eigenvalue weighted by molar-refractivity contribution is -0.136. The van der Waals surface area contributed by atoms with Crippen molar-refractivity contribution in [3.8, 4) is 0 Å². The summed E-state index contributed by atoms with van der Waals surface area (Å²) in [5, 5.41) is 0.129. The summed E-state index contributed by atoms with van der Waals surface area (Å²) in [6.45, 7) is 17.6. The predicted molar refractivity (Wildman–Crippen MR) is 134 cm³/mol. The van der Waals surface area contributed by atoms with Crippen LogP contribution >= 0.6 is 12.2 Å². The first-order valence-corrected chi connectivity index (χ1v) is 11.1. The van der Waals surface area contributed by atoms with Crippen LogP contribution in [0.15, 0.2) is 47.5 Å². The SMILES string of the molecule is [C-]#[N+]c1ccc(N2C(=S)N(c3ccc(C)cc3)C(C)(C)C2=NC(=O)OC(C)(C)C)cc1C(F)(F)F. The Morgan fingerprint density at radius 2 is 1.66 bits per heavy atom. The summed E-state index contributed by atoms with van der Waals surface area (Å²) < 4.78 is 46.5. The zero-order valence-electron chi connectivity index (χ0n) is 20.2. The van der Waals surface area contributed by atoms with Crippen molar-refractivity contribution < 1.29 is 22.7 Å². The highest BCUT2D eigenvalue weighted by atomic mass is 32.1. The number of aryl methyl sites for hydroxylation is 1. The van der Waals surface area contributed by atoms with E-state index in [1.165, 1.54) is 11.0 Å². The molecule has 2 aromatic rings. The Hall–Kier alpha value is -3.45. The molecule has 6 nitrogen and oxygen atoms in total. The number of anilines is 2. The normalized spacial score (nSPS) is 17.0. The molecule has 35 heavy (non-hydrogen) atoms. The van der Waals surface area contributed by atoms with E-state index in [-0.39, 0.29) is 16.6 Å². The minimum Gasteiger partial charge on any atom is -0.442 e. The maximum Gasteiger partial charge on any atom is 0.435 e. The molecule has 1 aliphatic rings.